The summed E-state index contributed by atoms with van der Waals surface area (Å²) in [5, 5.41) is 24.0. The molecule has 0 radical (unpaired) electrons. The van der Waals surface area contributed by atoms with Gasteiger partial charge >= 0.3 is 5.97 Å². The Labute approximate surface area is 295 Å². The number of hydrogen-bond acceptors (Lipinski definition) is 8. The van der Waals surface area contributed by atoms with Crippen molar-refractivity contribution in [2.24, 2.45) is 23.7 Å². The largest absolute Gasteiger partial charge is 0.462 e. The van der Waals surface area contributed by atoms with Crippen LogP contribution in [0.4, 0.5) is 0 Å². The van der Waals surface area contributed by atoms with Gasteiger partial charge in [-0.3, -0.25) is 4.79 Å². The fourth-order valence-electron chi connectivity index (χ4n) is 7.79. The molecule has 0 aromatic heterocycles. The predicted octanol–water partition coefficient (Wildman–Crippen LogP) is 7.34. The molecular weight excluding hydrogens is 637 g/mol. The molecule has 2 saturated heterocycles. The molecule has 2 bridgehead atoms. The second kappa shape index (κ2) is 14.3. The SMILES string of the molecule is CC[C@H](C)[C@H]1O[C@]2(C=C[C@@H]1C)C[C@@H]1C[C@@H](C/C=C(\C)[C@@H](O)[C@@H](C)/C=C/C=C3\CO[C@@H]4[C@H](O[Si](C)(C)C(C)(C)C)C(C)=C[C@@H](C(=O)O1)[C@]34O)O2. The highest BCUT2D eigenvalue weighted by molar-refractivity contribution is 6.74. The number of rotatable bonds is 4. The second-order valence-corrected chi connectivity index (χ2v) is 21.8. The van der Waals surface area contributed by atoms with Gasteiger partial charge in [0.1, 0.15) is 23.7 Å². The molecule has 274 valence electrons. The van der Waals surface area contributed by atoms with E-state index in [0.717, 1.165) is 17.6 Å². The van der Waals surface area contributed by atoms with E-state index in [2.05, 4.69) is 60.7 Å². The molecule has 0 amide bonds. The van der Waals surface area contributed by atoms with Gasteiger partial charge in [0.05, 0.1) is 31.0 Å². The van der Waals surface area contributed by atoms with Crippen LogP contribution in [-0.2, 0) is 28.2 Å². The first kappa shape index (κ1) is 38.4. The molecule has 2 fully saturated rings. The summed E-state index contributed by atoms with van der Waals surface area (Å²) in [6, 6.07) is 0. The minimum atomic E-state index is -2.29. The van der Waals surface area contributed by atoms with Gasteiger partial charge in [0.2, 0.25) is 0 Å². The number of carbonyl (C=O) groups is 1. The lowest BCUT2D eigenvalue weighted by molar-refractivity contribution is -0.300. The van der Waals surface area contributed by atoms with Crippen LogP contribution in [0.3, 0.4) is 0 Å². The molecule has 1 spiro atoms. The standard InChI is InChI=1S/C40H62O8Si/c1-12-24(2)34-27(5)18-19-39(47-34)22-31-21-30(46-39)17-16-26(4)33(41)25(3)14-13-15-29-23-44-36-35(48-49(10,11)38(7,8)9)28(6)20-32(37(42)45-31)40(29,36)43/h13-16,18-20,24-25,27,30-36,41,43H,12,17,21-23H2,1-11H3/b14-13+,26-16+,29-15+/t24-,25-,27-,30+,31-,32-,33-,34+,35+,36+,39+,40+/m0/s1. The molecule has 4 heterocycles. The van der Waals surface area contributed by atoms with Gasteiger partial charge in [-0.15, -0.1) is 0 Å². The summed E-state index contributed by atoms with van der Waals surface area (Å²) in [6.07, 6.45) is 13.1. The maximum Gasteiger partial charge on any atom is 0.316 e. The smallest absolute Gasteiger partial charge is 0.316 e. The topological polar surface area (TPSA) is 104 Å². The van der Waals surface area contributed by atoms with Gasteiger partial charge < -0.3 is 33.6 Å². The molecule has 0 unspecified atom stereocenters. The molecule has 49 heavy (non-hydrogen) atoms. The normalized spacial score (nSPS) is 43.8. The quantitative estimate of drug-likeness (QED) is 0.179. The maximum atomic E-state index is 14.4. The Kier molecular flexibility index (Phi) is 11.2. The van der Waals surface area contributed by atoms with E-state index in [1.807, 2.05) is 57.2 Å². The van der Waals surface area contributed by atoms with Crippen LogP contribution >= 0.6 is 0 Å². The second-order valence-electron chi connectivity index (χ2n) is 17.0. The summed E-state index contributed by atoms with van der Waals surface area (Å²) in [7, 11) is -2.29. The van der Waals surface area contributed by atoms with Crippen LogP contribution in [0, 0.1) is 23.7 Å². The third-order valence-electron chi connectivity index (χ3n) is 12.3. The summed E-state index contributed by atoms with van der Waals surface area (Å²) in [5.41, 5.74) is 0.620. The Morgan fingerprint density at radius 1 is 1.08 bits per heavy atom. The molecule has 5 aliphatic rings. The fourth-order valence-corrected chi connectivity index (χ4v) is 9.08. The summed E-state index contributed by atoms with van der Waals surface area (Å²) in [6.45, 7) is 23.5. The molecule has 8 nitrogen and oxygen atoms in total. The molecular formula is C40H62O8Si. The monoisotopic (exact) mass is 698 g/mol. The van der Waals surface area contributed by atoms with Crippen LogP contribution in [0.15, 0.2) is 59.3 Å². The number of carbonyl (C=O) groups excluding carboxylic acids is 1. The first-order valence-corrected chi connectivity index (χ1v) is 21.4. The third kappa shape index (κ3) is 7.55. The first-order valence-electron chi connectivity index (χ1n) is 18.5. The van der Waals surface area contributed by atoms with Crippen molar-refractivity contribution in [2.75, 3.05) is 6.61 Å². The van der Waals surface area contributed by atoms with Gasteiger partial charge in [-0.2, -0.15) is 0 Å². The third-order valence-corrected chi connectivity index (χ3v) is 16.7. The van der Waals surface area contributed by atoms with E-state index < -0.39 is 56.0 Å². The van der Waals surface area contributed by atoms with Crippen LogP contribution in [0.1, 0.15) is 88.0 Å². The van der Waals surface area contributed by atoms with Crippen LogP contribution < -0.4 is 0 Å². The summed E-state index contributed by atoms with van der Waals surface area (Å²) in [4.78, 5) is 14.4. The highest BCUT2D eigenvalue weighted by Crippen LogP contribution is 2.49. The summed E-state index contributed by atoms with van der Waals surface area (Å²) in [5.74, 6) is -2.18. The van der Waals surface area contributed by atoms with Crippen molar-refractivity contribution in [1.82, 2.24) is 0 Å². The highest BCUT2D eigenvalue weighted by atomic mass is 28.4. The molecule has 1 aliphatic carbocycles. The molecule has 5 rings (SSSR count). The van der Waals surface area contributed by atoms with Crippen molar-refractivity contribution in [3.63, 3.8) is 0 Å². The Morgan fingerprint density at radius 2 is 1.80 bits per heavy atom. The molecule has 0 saturated carbocycles. The number of hydrogen-bond donors (Lipinski definition) is 2. The van der Waals surface area contributed by atoms with Gasteiger partial charge in [-0.1, -0.05) is 91.3 Å². The van der Waals surface area contributed by atoms with E-state index in [1.54, 1.807) is 0 Å². The van der Waals surface area contributed by atoms with E-state index in [0.29, 0.717) is 30.8 Å². The van der Waals surface area contributed by atoms with E-state index in [1.165, 1.54) is 0 Å². The molecule has 0 aromatic rings. The van der Waals surface area contributed by atoms with E-state index >= 15 is 0 Å². The van der Waals surface area contributed by atoms with Gasteiger partial charge in [-0.25, -0.2) is 0 Å². The van der Waals surface area contributed by atoms with Crippen molar-refractivity contribution < 1.29 is 38.4 Å². The van der Waals surface area contributed by atoms with Crippen LogP contribution in [0.25, 0.3) is 0 Å². The lowest BCUT2D eigenvalue weighted by atomic mass is 9.71. The lowest BCUT2D eigenvalue weighted by Crippen LogP contribution is -2.60. The Bertz CT molecular complexity index is 1390. The van der Waals surface area contributed by atoms with Gasteiger partial charge in [0.15, 0.2) is 14.1 Å². The van der Waals surface area contributed by atoms with Crippen molar-refractivity contribution >= 4 is 14.3 Å². The number of aliphatic hydroxyl groups is 2. The van der Waals surface area contributed by atoms with Crippen molar-refractivity contribution in [3.05, 3.63) is 59.3 Å². The number of allylic oxidation sites excluding steroid dienone is 2. The minimum absolute atomic E-state index is 0.0405. The van der Waals surface area contributed by atoms with Crippen LogP contribution in [-0.4, -0.2) is 79.1 Å². The average molecular weight is 699 g/mol. The number of esters is 1. The first-order chi connectivity index (χ1) is 22.8. The highest BCUT2D eigenvalue weighted by Gasteiger charge is 2.61. The average Bonchev–Trinajstić information content (AvgIpc) is 3.36. The molecule has 12 atom stereocenters. The Morgan fingerprint density at radius 3 is 2.47 bits per heavy atom. The summed E-state index contributed by atoms with van der Waals surface area (Å²) >= 11 is 0. The van der Waals surface area contributed by atoms with Gasteiger partial charge in [0.25, 0.3) is 0 Å². The fraction of sp³-hybridized carbons (Fsp3) is 0.725. The van der Waals surface area contributed by atoms with Crippen molar-refractivity contribution in [1.29, 1.82) is 0 Å². The summed E-state index contributed by atoms with van der Waals surface area (Å²) < 4.78 is 33.3. The van der Waals surface area contributed by atoms with E-state index in [9.17, 15) is 15.0 Å². The zero-order chi connectivity index (χ0) is 36.1. The Hall–Kier alpha value is -1.85. The number of fused-ring (bicyclic) bond motifs is 2. The molecule has 4 aliphatic heterocycles. The zero-order valence-electron chi connectivity index (χ0n) is 31.7. The van der Waals surface area contributed by atoms with Crippen LogP contribution in [0.2, 0.25) is 18.1 Å². The van der Waals surface area contributed by atoms with Crippen LogP contribution in [0.5, 0.6) is 0 Å². The zero-order valence-corrected chi connectivity index (χ0v) is 32.7. The maximum absolute atomic E-state index is 14.4. The predicted molar refractivity (Wildman–Crippen MR) is 194 cm³/mol. The Balaban J connectivity index is 1.57. The molecule has 2 N–H and O–H groups in total. The van der Waals surface area contributed by atoms with Gasteiger partial charge in [-0.05, 0) is 67.1 Å². The molecule has 0 aromatic carbocycles. The van der Waals surface area contributed by atoms with Crippen molar-refractivity contribution in [2.45, 2.75) is 154 Å². The van der Waals surface area contributed by atoms with E-state index in [-0.39, 0.29) is 35.7 Å². The number of aliphatic hydroxyl groups excluding tert-OH is 1. The van der Waals surface area contributed by atoms with Gasteiger partial charge in [0, 0.05) is 24.7 Å². The molecule has 9 heteroatoms. The van der Waals surface area contributed by atoms with Crippen molar-refractivity contribution in [3.8, 4) is 0 Å². The van der Waals surface area contributed by atoms with E-state index in [4.69, 9.17) is 23.4 Å². The number of ether oxygens (including phenoxy) is 4. The minimum Gasteiger partial charge on any atom is -0.462 e. The lowest BCUT2D eigenvalue weighted by Gasteiger charge is -2.49.